The van der Waals surface area contributed by atoms with Crippen LogP contribution in [0.25, 0.3) is 0 Å². The van der Waals surface area contributed by atoms with Crippen molar-refractivity contribution in [3.8, 4) is 0 Å². The molecule has 2 heterocycles. The predicted molar refractivity (Wildman–Crippen MR) is 174 cm³/mol. The predicted octanol–water partition coefficient (Wildman–Crippen LogP) is 6.10. The van der Waals surface area contributed by atoms with Crippen molar-refractivity contribution < 1.29 is 13.2 Å². The van der Waals surface area contributed by atoms with E-state index in [1.54, 1.807) is 24.3 Å². The van der Waals surface area contributed by atoms with E-state index in [0.29, 0.717) is 36.6 Å². The molecule has 1 aromatic rings. The summed E-state index contributed by atoms with van der Waals surface area (Å²) in [6.07, 6.45) is 14.4. The van der Waals surface area contributed by atoms with Gasteiger partial charge < -0.3 is 9.80 Å². The minimum absolute atomic E-state index is 0.116. The van der Waals surface area contributed by atoms with Crippen LogP contribution in [0.4, 0.5) is 0 Å². The third-order valence-corrected chi connectivity index (χ3v) is 10.9. The smallest absolute Gasteiger partial charge is 0.240 e. The lowest BCUT2D eigenvalue weighted by molar-refractivity contribution is -0.130. The molecule has 1 N–H and O–H groups in total. The van der Waals surface area contributed by atoms with Crippen LogP contribution in [0, 0.1) is 17.3 Å². The first-order valence-electron chi connectivity index (χ1n) is 16.3. The van der Waals surface area contributed by atoms with E-state index >= 15 is 0 Å². The first kappa shape index (κ1) is 34.5. The van der Waals surface area contributed by atoms with Gasteiger partial charge in [0.2, 0.25) is 15.9 Å². The summed E-state index contributed by atoms with van der Waals surface area (Å²) in [6.45, 7) is 16.7. The van der Waals surface area contributed by atoms with Gasteiger partial charge in [0.15, 0.2) is 0 Å². The van der Waals surface area contributed by atoms with Gasteiger partial charge in [0, 0.05) is 45.0 Å². The highest BCUT2D eigenvalue weighted by atomic mass is 32.2. The molecule has 2 aliphatic heterocycles. The summed E-state index contributed by atoms with van der Waals surface area (Å²) in [6, 6.07) is 6.69. The number of unbranched alkanes of at least 4 members (excludes halogenated alkanes) is 1. The van der Waals surface area contributed by atoms with Crippen molar-refractivity contribution in [2.75, 3.05) is 39.3 Å². The Labute approximate surface area is 256 Å². The van der Waals surface area contributed by atoms with Gasteiger partial charge in [-0.2, -0.15) is 0 Å². The number of benzene rings is 1. The second kappa shape index (κ2) is 16.7. The third kappa shape index (κ3) is 10.9. The first-order valence-corrected chi connectivity index (χ1v) is 17.8. The van der Waals surface area contributed by atoms with Crippen LogP contribution in [0.5, 0.6) is 0 Å². The van der Waals surface area contributed by atoms with Gasteiger partial charge >= 0.3 is 0 Å². The number of carbonyl (C=O) groups is 1. The van der Waals surface area contributed by atoms with Crippen molar-refractivity contribution in [2.45, 2.75) is 103 Å². The van der Waals surface area contributed by atoms with Gasteiger partial charge in [-0.1, -0.05) is 72.1 Å². The Kier molecular flexibility index (Phi) is 13.7. The first-order chi connectivity index (χ1) is 20.0. The summed E-state index contributed by atoms with van der Waals surface area (Å²) in [5.74, 6) is 1.19. The van der Waals surface area contributed by atoms with E-state index in [0.717, 1.165) is 64.0 Å². The zero-order chi connectivity index (χ0) is 30.6. The van der Waals surface area contributed by atoms with Crippen LogP contribution in [0.2, 0.25) is 0 Å². The van der Waals surface area contributed by atoms with Crippen molar-refractivity contribution >= 4 is 22.1 Å². The molecule has 1 amide bonds. The standard InChI is InChI=1S/C34H56N4O3S/c1-6-7-19-34(5,28(2)3)27-37-22-10-23-38(25-24-37)33(39)26-30-14-16-32(17-15-30)42(40,41)36-31-13-8-11-29(4)12-9-20-35-21-18-31/h9,12,14-17,20,28-29,31,36H,6-8,10-11,13,18-19,21-27H2,1-5H3/b12-9-,35-20-. The molecule has 0 aliphatic carbocycles. The van der Waals surface area contributed by atoms with Crippen molar-refractivity contribution in [3.63, 3.8) is 0 Å². The molecular weight excluding hydrogens is 544 g/mol. The van der Waals surface area contributed by atoms with Crippen LogP contribution in [0.3, 0.4) is 0 Å². The van der Waals surface area contributed by atoms with Gasteiger partial charge in [0.25, 0.3) is 0 Å². The van der Waals surface area contributed by atoms with Crippen LogP contribution in [0.1, 0.15) is 91.5 Å². The lowest BCUT2D eigenvalue weighted by Gasteiger charge is -2.38. The largest absolute Gasteiger partial charge is 0.341 e. The van der Waals surface area contributed by atoms with E-state index < -0.39 is 10.0 Å². The lowest BCUT2D eigenvalue weighted by Crippen LogP contribution is -2.41. The molecule has 0 saturated carbocycles. The van der Waals surface area contributed by atoms with Crippen molar-refractivity contribution in [1.29, 1.82) is 0 Å². The van der Waals surface area contributed by atoms with Crippen LogP contribution in [-0.2, 0) is 21.2 Å². The monoisotopic (exact) mass is 600 g/mol. The normalized spacial score (nSPS) is 24.4. The Morgan fingerprint density at radius 2 is 1.83 bits per heavy atom. The quantitative estimate of drug-likeness (QED) is 0.333. The van der Waals surface area contributed by atoms with E-state index in [1.807, 2.05) is 17.2 Å². The van der Waals surface area contributed by atoms with Crippen LogP contribution in [-0.4, -0.2) is 75.6 Å². The molecule has 0 radical (unpaired) electrons. The Balaban J connectivity index is 1.54. The summed E-state index contributed by atoms with van der Waals surface area (Å²) in [5.41, 5.74) is 1.14. The molecule has 1 saturated heterocycles. The molecular formula is C34H56N4O3S. The molecule has 2 aliphatic rings. The summed E-state index contributed by atoms with van der Waals surface area (Å²) in [7, 11) is -3.65. The van der Waals surface area contributed by atoms with Gasteiger partial charge in [-0.25, -0.2) is 13.1 Å². The number of nitrogens with one attached hydrogen (secondary N) is 1. The van der Waals surface area contributed by atoms with E-state index in [-0.39, 0.29) is 16.8 Å². The second-order valence-corrected chi connectivity index (χ2v) is 14.9. The Morgan fingerprint density at radius 3 is 2.55 bits per heavy atom. The summed E-state index contributed by atoms with van der Waals surface area (Å²) in [4.78, 5) is 22.4. The Hall–Kier alpha value is -2.03. The number of nitrogens with zero attached hydrogens (tertiary/aromatic N) is 3. The average Bonchev–Trinajstić information content (AvgIpc) is 3.20. The molecule has 1 aromatic carbocycles. The molecule has 7 nitrogen and oxygen atoms in total. The highest BCUT2D eigenvalue weighted by Crippen LogP contribution is 2.34. The van der Waals surface area contributed by atoms with Crippen molar-refractivity contribution in [3.05, 3.63) is 42.0 Å². The SMILES string of the molecule is CCCCC(C)(CN1CCCN(C(=O)Cc2ccc(S(=O)(=O)NC3CCCC(C)/C=C\C=N/CC3)cc2)CC1)C(C)C. The second-order valence-electron chi connectivity index (χ2n) is 13.2. The third-order valence-electron chi connectivity index (χ3n) is 9.38. The van der Waals surface area contributed by atoms with E-state index in [1.165, 1.54) is 19.3 Å². The zero-order valence-electron chi connectivity index (χ0n) is 26.9. The fraction of sp³-hybridized carbons (Fsp3) is 0.706. The van der Waals surface area contributed by atoms with Gasteiger partial charge in [-0.05, 0) is 79.7 Å². The highest BCUT2D eigenvalue weighted by Gasteiger charge is 2.31. The molecule has 8 heteroatoms. The van der Waals surface area contributed by atoms with Crippen molar-refractivity contribution in [1.82, 2.24) is 14.5 Å². The molecule has 0 spiro atoms. The fourth-order valence-corrected chi connectivity index (χ4v) is 7.34. The number of hydrogen-bond donors (Lipinski definition) is 1. The Morgan fingerprint density at radius 1 is 1.07 bits per heavy atom. The number of hydrogen-bond acceptors (Lipinski definition) is 5. The number of amides is 1. The molecule has 236 valence electrons. The minimum Gasteiger partial charge on any atom is -0.341 e. The minimum atomic E-state index is -3.65. The maximum absolute atomic E-state index is 13.2. The van der Waals surface area contributed by atoms with Gasteiger partial charge in [0.1, 0.15) is 0 Å². The molecule has 3 unspecified atom stereocenters. The lowest BCUT2D eigenvalue weighted by atomic mass is 9.74. The summed E-state index contributed by atoms with van der Waals surface area (Å²) < 4.78 is 29.3. The van der Waals surface area contributed by atoms with Crippen LogP contribution in [0.15, 0.2) is 46.3 Å². The molecule has 3 atom stereocenters. The maximum Gasteiger partial charge on any atom is 0.240 e. The number of carbonyl (C=O) groups excluding carboxylic acids is 1. The average molecular weight is 601 g/mol. The summed E-state index contributed by atoms with van der Waals surface area (Å²) >= 11 is 0. The van der Waals surface area contributed by atoms with Crippen LogP contribution >= 0.6 is 0 Å². The maximum atomic E-state index is 13.2. The number of aliphatic imine (C=N–C) groups is 1. The van der Waals surface area contributed by atoms with E-state index in [2.05, 4.69) is 55.3 Å². The summed E-state index contributed by atoms with van der Waals surface area (Å²) in [5, 5.41) is 0. The van der Waals surface area contributed by atoms with E-state index in [9.17, 15) is 13.2 Å². The molecule has 0 bridgehead atoms. The molecule has 3 rings (SSSR count). The van der Waals surface area contributed by atoms with Gasteiger partial charge in [-0.3, -0.25) is 9.79 Å². The highest BCUT2D eigenvalue weighted by molar-refractivity contribution is 7.89. The van der Waals surface area contributed by atoms with Gasteiger partial charge in [-0.15, -0.1) is 0 Å². The fourth-order valence-electron chi connectivity index (χ4n) is 6.03. The van der Waals surface area contributed by atoms with E-state index in [4.69, 9.17) is 0 Å². The number of sulfonamides is 1. The van der Waals surface area contributed by atoms with Crippen molar-refractivity contribution in [2.24, 2.45) is 22.2 Å². The number of allylic oxidation sites excluding steroid dienone is 2. The molecule has 1 fully saturated rings. The molecule has 42 heavy (non-hydrogen) atoms. The topological polar surface area (TPSA) is 82.1 Å². The molecule has 0 aromatic heterocycles. The van der Waals surface area contributed by atoms with Crippen LogP contribution < -0.4 is 4.72 Å². The Bertz CT molecular complexity index is 1130. The number of rotatable bonds is 11. The van der Waals surface area contributed by atoms with Gasteiger partial charge in [0.05, 0.1) is 11.3 Å². The zero-order valence-corrected chi connectivity index (χ0v) is 27.7.